The van der Waals surface area contributed by atoms with Gasteiger partial charge >= 0.3 is 0 Å². The molecule has 2 N–H and O–H groups in total. The second-order valence-electron chi connectivity index (χ2n) is 9.70. The van der Waals surface area contributed by atoms with Crippen molar-refractivity contribution in [3.8, 4) is 0 Å². The number of pyridine rings is 1. The third kappa shape index (κ3) is 7.10. The lowest BCUT2D eigenvalue weighted by Crippen LogP contribution is -2.51. The van der Waals surface area contributed by atoms with Crippen LogP contribution in [-0.2, 0) is 14.4 Å². The number of halogens is 1. The van der Waals surface area contributed by atoms with E-state index < -0.39 is 17.4 Å². The second-order valence-corrected chi connectivity index (χ2v) is 9.70. The molecule has 7 nitrogen and oxygen atoms in total. The molecule has 1 atom stereocenters. The Morgan fingerprint density at radius 1 is 1.06 bits per heavy atom. The fraction of sp³-hybridized carbons (Fsp3) is 0.462. The van der Waals surface area contributed by atoms with E-state index in [-0.39, 0.29) is 36.6 Å². The molecule has 1 fully saturated rings. The Hall–Kier alpha value is -3.29. The lowest BCUT2D eigenvalue weighted by atomic mass is 9.98. The van der Waals surface area contributed by atoms with Crippen molar-refractivity contribution in [1.82, 2.24) is 15.2 Å². The van der Waals surface area contributed by atoms with Crippen LogP contribution in [0.15, 0.2) is 48.7 Å². The van der Waals surface area contributed by atoms with Crippen molar-refractivity contribution in [2.75, 3.05) is 5.32 Å². The van der Waals surface area contributed by atoms with Crippen molar-refractivity contribution in [1.29, 1.82) is 0 Å². The summed E-state index contributed by atoms with van der Waals surface area (Å²) in [5, 5.41) is 5.66. The standard InChI is InChI=1S/C26H33FN4O3/c1-26(2,3)30-25(34)24(18-11-13-19(27)14-12-18)31(20-8-4-5-9-20)23(33)16-15-22(32)29-21-10-6-7-17-28-21/h6-7,10-14,17,20,24H,4-5,8-9,15-16H2,1-3H3,(H,30,34)(H,28,29,32)/t24-/m0/s1. The number of benzene rings is 1. The first-order valence-electron chi connectivity index (χ1n) is 11.7. The summed E-state index contributed by atoms with van der Waals surface area (Å²) in [4.78, 5) is 45.1. The third-order valence-corrected chi connectivity index (χ3v) is 5.71. The van der Waals surface area contributed by atoms with Gasteiger partial charge in [0, 0.05) is 30.6 Å². The van der Waals surface area contributed by atoms with Crippen LogP contribution in [0.5, 0.6) is 0 Å². The molecule has 2 aromatic rings. The highest BCUT2D eigenvalue weighted by molar-refractivity contribution is 5.94. The largest absolute Gasteiger partial charge is 0.349 e. The zero-order valence-electron chi connectivity index (χ0n) is 20.0. The van der Waals surface area contributed by atoms with Crippen LogP contribution in [0.4, 0.5) is 10.2 Å². The van der Waals surface area contributed by atoms with Gasteiger partial charge in [-0.25, -0.2) is 9.37 Å². The SMILES string of the molecule is CC(C)(C)NC(=O)[C@H](c1ccc(F)cc1)N(C(=O)CCC(=O)Nc1ccccn1)C1CCCC1. The third-order valence-electron chi connectivity index (χ3n) is 5.71. The molecule has 0 radical (unpaired) electrons. The molecule has 0 aliphatic heterocycles. The first-order chi connectivity index (χ1) is 16.1. The lowest BCUT2D eigenvalue weighted by Gasteiger charge is -2.37. The normalized spacial score (nSPS) is 14.9. The molecular weight excluding hydrogens is 435 g/mol. The molecular formula is C26H33FN4O3. The molecule has 0 unspecified atom stereocenters. The van der Waals surface area contributed by atoms with Gasteiger partial charge < -0.3 is 15.5 Å². The maximum absolute atomic E-state index is 13.6. The topological polar surface area (TPSA) is 91.4 Å². The van der Waals surface area contributed by atoms with E-state index in [9.17, 15) is 18.8 Å². The lowest BCUT2D eigenvalue weighted by molar-refractivity contribution is -0.144. The average Bonchev–Trinajstić information content (AvgIpc) is 3.30. The second kappa shape index (κ2) is 11.2. The van der Waals surface area contributed by atoms with Gasteiger partial charge in [-0.05, 0) is 63.4 Å². The van der Waals surface area contributed by atoms with Gasteiger partial charge in [-0.2, -0.15) is 0 Å². The molecule has 3 amide bonds. The van der Waals surface area contributed by atoms with Gasteiger partial charge in [0.2, 0.25) is 17.7 Å². The molecule has 0 saturated heterocycles. The highest BCUT2D eigenvalue weighted by atomic mass is 19.1. The van der Waals surface area contributed by atoms with E-state index in [4.69, 9.17) is 0 Å². The Bertz CT molecular complexity index is 983. The summed E-state index contributed by atoms with van der Waals surface area (Å²) in [6.45, 7) is 5.61. The fourth-order valence-corrected chi connectivity index (χ4v) is 4.25. The summed E-state index contributed by atoms with van der Waals surface area (Å²) in [6, 6.07) is 9.84. The molecule has 1 aliphatic rings. The van der Waals surface area contributed by atoms with Gasteiger partial charge in [-0.3, -0.25) is 14.4 Å². The zero-order chi connectivity index (χ0) is 24.7. The zero-order valence-corrected chi connectivity index (χ0v) is 20.0. The molecule has 3 rings (SSSR count). The van der Waals surface area contributed by atoms with Gasteiger partial charge in [0.15, 0.2) is 0 Å². The van der Waals surface area contributed by atoms with Crippen molar-refractivity contribution >= 4 is 23.5 Å². The first-order valence-corrected chi connectivity index (χ1v) is 11.7. The number of anilines is 1. The molecule has 1 saturated carbocycles. The molecule has 1 aliphatic carbocycles. The van der Waals surface area contributed by atoms with Crippen molar-refractivity contribution < 1.29 is 18.8 Å². The number of nitrogens with one attached hydrogen (secondary N) is 2. The Morgan fingerprint density at radius 2 is 1.74 bits per heavy atom. The minimum Gasteiger partial charge on any atom is -0.349 e. The van der Waals surface area contributed by atoms with E-state index in [1.807, 2.05) is 20.8 Å². The highest BCUT2D eigenvalue weighted by Gasteiger charge is 2.38. The van der Waals surface area contributed by atoms with Crippen LogP contribution < -0.4 is 10.6 Å². The van der Waals surface area contributed by atoms with Gasteiger partial charge in [0.05, 0.1) is 0 Å². The summed E-state index contributed by atoms with van der Waals surface area (Å²) < 4.78 is 13.6. The Morgan fingerprint density at radius 3 is 2.32 bits per heavy atom. The van der Waals surface area contributed by atoms with E-state index in [0.717, 1.165) is 25.7 Å². The van der Waals surface area contributed by atoms with Crippen molar-refractivity contribution in [2.24, 2.45) is 0 Å². The van der Waals surface area contributed by atoms with Gasteiger partial charge in [0.1, 0.15) is 17.7 Å². The van der Waals surface area contributed by atoms with Crippen LogP contribution in [0.25, 0.3) is 0 Å². The minimum atomic E-state index is -0.908. The van der Waals surface area contributed by atoms with Crippen LogP contribution >= 0.6 is 0 Å². The van der Waals surface area contributed by atoms with E-state index in [0.29, 0.717) is 11.4 Å². The van der Waals surface area contributed by atoms with E-state index in [1.54, 1.807) is 41.4 Å². The Labute approximate surface area is 200 Å². The van der Waals surface area contributed by atoms with E-state index in [2.05, 4.69) is 15.6 Å². The van der Waals surface area contributed by atoms with E-state index in [1.165, 1.54) is 12.1 Å². The Kier molecular flexibility index (Phi) is 8.36. The van der Waals surface area contributed by atoms with E-state index >= 15 is 0 Å². The molecule has 182 valence electrons. The predicted molar refractivity (Wildman–Crippen MR) is 128 cm³/mol. The summed E-state index contributed by atoms with van der Waals surface area (Å²) in [5.41, 5.74) is 0.0313. The molecule has 8 heteroatoms. The number of hydrogen-bond donors (Lipinski definition) is 2. The summed E-state index contributed by atoms with van der Waals surface area (Å²) >= 11 is 0. The first kappa shape index (κ1) is 25.3. The maximum Gasteiger partial charge on any atom is 0.247 e. The number of amides is 3. The molecule has 0 spiro atoms. The van der Waals surface area contributed by atoms with Crippen molar-refractivity contribution in [3.63, 3.8) is 0 Å². The number of carbonyl (C=O) groups is 3. The van der Waals surface area contributed by atoms with Crippen LogP contribution in [0.1, 0.15) is 70.9 Å². The van der Waals surface area contributed by atoms with Crippen LogP contribution in [0.2, 0.25) is 0 Å². The van der Waals surface area contributed by atoms with Gasteiger partial charge in [0.25, 0.3) is 0 Å². The summed E-state index contributed by atoms with van der Waals surface area (Å²) in [7, 11) is 0. The fourth-order valence-electron chi connectivity index (χ4n) is 4.25. The molecule has 0 bridgehead atoms. The summed E-state index contributed by atoms with van der Waals surface area (Å²) in [6.07, 6.45) is 4.99. The molecule has 34 heavy (non-hydrogen) atoms. The smallest absolute Gasteiger partial charge is 0.247 e. The van der Waals surface area contributed by atoms with Gasteiger partial charge in [-0.1, -0.05) is 31.0 Å². The van der Waals surface area contributed by atoms with Crippen LogP contribution in [0.3, 0.4) is 0 Å². The quantitative estimate of drug-likeness (QED) is 0.602. The van der Waals surface area contributed by atoms with Crippen LogP contribution in [0, 0.1) is 5.82 Å². The average molecular weight is 469 g/mol. The summed E-state index contributed by atoms with van der Waals surface area (Å²) in [5.74, 6) is -0.917. The monoisotopic (exact) mass is 468 g/mol. The van der Waals surface area contributed by atoms with Crippen LogP contribution in [-0.4, -0.2) is 39.2 Å². The Balaban J connectivity index is 1.84. The number of carbonyl (C=O) groups excluding carboxylic acids is 3. The number of nitrogens with zero attached hydrogens (tertiary/aromatic N) is 2. The number of hydrogen-bond acceptors (Lipinski definition) is 4. The van der Waals surface area contributed by atoms with Crippen molar-refractivity contribution in [2.45, 2.75) is 76.9 Å². The highest BCUT2D eigenvalue weighted by Crippen LogP contribution is 2.33. The molecule has 1 aromatic carbocycles. The number of rotatable bonds is 8. The van der Waals surface area contributed by atoms with Crippen molar-refractivity contribution in [3.05, 3.63) is 60.0 Å². The van der Waals surface area contributed by atoms with Gasteiger partial charge in [-0.15, -0.1) is 0 Å². The maximum atomic E-state index is 13.6. The number of aromatic nitrogens is 1. The molecule has 1 aromatic heterocycles. The molecule has 1 heterocycles. The minimum absolute atomic E-state index is 0.0321. The predicted octanol–water partition coefficient (Wildman–Crippen LogP) is 4.37.